The average molecular weight is 274 g/mol. The Morgan fingerprint density at radius 3 is 2.56 bits per heavy atom. The molecule has 1 N–H and O–H groups in total. The molecule has 0 aromatic rings. The standard InChI is InChI=1S/C13H26N2O2S/c1-3-12-10-15(7-8-18(16,17)4-2)13(9-14-12)11-5-6-11/h11-14H,3-10H2,1-2H3. The number of nitrogens with zero attached hydrogens (tertiary/aromatic N) is 1. The molecule has 2 rings (SSSR count). The zero-order valence-corrected chi connectivity index (χ0v) is 12.4. The van der Waals surface area contributed by atoms with Gasteiger partial charge in [-0.1, -0.05) is 13.8 Å². The zero-order valence-electron chi connectivity index (χ0n) is 11.6. The highest BCUT2D eigenvalue weighted by Gasteiger charge is 2.38. The Morgan fingerprint density at radius 2 is 2.00 bits per heavy atom. The maximum Gasteiger partial charge on any atom is 0.151 e. The SMILES string of the molecule is CCC1CN(CCS(=O)(=O)CC)C(C2CC2)CN1. The van der Waals surface area contributed by atoms with Crippen LogP contribution in [0.25, 0.3) is 0 Å². The van der Waals surface area contributed by atoms with E-state index >= 15 is 0 Å². The van der Waals surface area contributed by atoms with Crippen molar-refractivity contribution < 1.29 is 8.42 Å². The van der Waals surface area contributed by atoms with Crippen molar-refractivity contribution in [2.45, 2.75) is 45.2 Å². The van der Waals surface area contributed by atoms with Crippen molar-refractivity contribution >= 4 is 9.84 Å². The first-order valence-electron chi connectivity index (χ1n) is 7.23. The van der Waals surface area contributed by atoms with Crippen molar-refractivity contribution in [2.75, 3.05) is 31.1 Å². The van der Waals surface area contributed by atoms with Gasteiger partial charge >= 0.3 is 0 Å². The van der Waals surface area contributed by atoms with Crippen LogP contribution in [0.4, 0.5) is 0 Å². The number of sulfone groups is 1. The highest BCUT2D eigenvalue weighted by molar-refractivity contribution is 7.91. The highest BCUT2D eigenvalue weighted by atomic mass is 32.2. The van der Waals surface area contributed by atoms with Crippen LogP contribution in [0.1, 0.15) is 33.1 Å². The van der Waals surface area contributed by atoms with Gasteiger partial charge in [0, 0.05) is 37.5 Å². The molecule has 2 aliphatic rings. The monoisotopic (exact) mass is 274 g/mol. The number of hydrogen-bond acceptors (Lipinski definition) is 4. The van der Waals surface area contributed by atoms with Crippen LogP contribution in [-0.2, 0) is 9.84 Å². The molecule has 0 radical (unpaired) electrons. The van der Waals surface area contributed by atoms with Gasteiger partial charge in [-0.15, -0.1) is 0 Å². The number of rotatable bonds is 6. The van der Waals surface area contributed by atoms with E-state index in [4.69, 9.17) is 0 Å². The van der Waals surface area contributed by atoms with Crippen LogP contribution in [0.2, 0.25) is 0 Å². The molecule has 1 aliphatic carbocycles. The fraction of sp³-hybridized carbons (Fsp3) is 1.00. The van der Waals surface area contributed by atoms with Crippen LogP contribution in [0.15, 0.2) is 0 Å². The van der Waals surface area contributed by atoms with E-state index in [1.807, 2.05) is 0 Å². The number of nitrogens with one attached hydrogen (secondary N) is 1. The van der Waals surface area contributed by atoms with E-state index < -0.39 is 9.84 Å². The van der Waals surface area contributed by atoms with Crippen LogP contribution in [0.3, 0.4) is 0 Å². The minimum atomic E-state index is -2.83. The van der Waals surface area contributed by atoms with Gasteiger partial charge in [-0.05, 0) is 25.2 Å². The molecule has 18 heavy (non-hydrogen) atoms. The van der Waals surface area contributed by atoms with Gasteiger partial charge in [0.25, 0.3) is 0 Å². The molecule has 2 atom stereocenters. The van der Waals surface area contributed by atoms with Crippen LogP contribution in [-0.4, -0.2) is 56.5 Å². The third-order valence-corrected chi connectivity index (χ3v) is 6.01. The Morgan fingerprint density at radius 1 is 1.28 bits per heavy atom. The summed E-state index contributed by atoms with van der Waals surface area (Å²) in [7, 11) is -2.83. The predicted molar refractivity (Wildman–Crippen MR) is 74.5 cm³/mol. The summed E-state index contributed by atoms with van der Waals surface area (Å²) >= 11 is 0. The Bertz CT molecular complexity index is 365. The molecule has 0 aromatic carbocycles. The van der Waals surface area contributed by atoms with E-state index in [0.717, 1.165) is 32.0 Å². The Kier molecular flexibility index (Phi) is 4.67. The van der Waals surface area contributed by atoms with Crippen molar-refractivity contribution in [2.24, 2.45) is 5.92 Å². The number of hydrogen-bond donors (Lipinski definition) is 1. The first-order valence-corrected chi connectivity index (χ1v) is 9.05. The van der Waals surface area contributed by atoms with Crippen molar-refractivity contribution in [1.82, 2.24) is 10.2 Å². The van der Waals surface area contributed by atoms with Crippen molar-refractivity contribution in [3.05, 3.63) is 0 Å². The summed E-state index contributed by atoms with van der Waals surface area (Å²) in [5.74, 6) is 1.40. The smallest absolute Gasteiger partial charge is 0.151 e. The predicted octanol–water partition coefficient (Wildman–Crippen LogP) is 0.884. The van der Waals surface area contributed by atoms with E-state index in [0.29, 0.717) is 17.8 Å². The van der Waals surface area contributed by atoms with E-state index in [2.05, 4.69) is 17.1 Å². The molecular weight excluding hydrogens is 248 g/mol. The van der Waals surface area contributed by atoms with Crippen molar-refractivity contribution in [1.29, 1.82) is 0 Å². The highest BCUT2D eigenvalue weighted by Crippen LogP contribution is 2.36. The minimum Gasteiger partial charge on any atom is -0.311 e. The summed E-state index contributed by atoms with van der Waals surface area (Å²) in [5.41, 5.74) is 0. The fourth-order valence-electron chi connectivity index (χ4n) is 2.78. The van der Waals surface area contributed by atoms with Gasteiger partial charge in [0.1, 0.15) is 0 Å². The van der Waals surface area contributed by atoms with Crippen LogP contribution in [0, 0.1) is 5.92 Å². The van der Waals surface area contributed by atoms with E-state index in [-0.39, 0.29) is 5.75 Å². The minimum absolute atomic E-state index is 0.268. The maximum atomic E-state index is 11.6. The van der Waals surface area contributed by atoms with Gasteiger partial charge in [-0.3, -0.25) is 4.90 Å². The molecule has 0 aromatic heterocycles. The topological polar surface area (TPSA) is 49.4 Å². The summed E-state index contributed by atoms with van der Waals surface area (Å²) in [6.07, 6.45) is 3.76. The first kappa shape index (κ1) is 14.3. The quantitative estimate of drug-likeness (QED) is 0.781. The molecule has 1 heterocycles. The zero-order chi connectivity index (χ0) is 13.2. The van der Waals surface area contributed by atoms with Gasteiger partial charge in [0.05, 0.1) is 5.75 Å². The third kappa shape index (κ3) is 3.68. The van der Waals surface area contributed by atoms with Crippen LogP contribution in [0.5, 0.6) is 0 Å². The largest absolute Gasteiger partial charge is 0.311 e. The molecule has 4 nitrogen and oxygen atoms in total. The first-order chi connectivity index (χ1) is 8.55. The lowest BCUT2D eigenvalue weighted by Crippen LogP contribution is -2.57. The molecular formula is C13H26N2O2S. The van der Waals surface area contributed by atoms with Gasteiger partial charge in [0.2, 0.25) is 0 Å². The second-order valence-corrected chi connectivity index (χ2v) is 8.12. The van der Waals surface area contributed by atoms with Crippen molar-refractivity contribution in [3.8, 4) is 0 Å². The lowest BCUT2D eigenvalue weighted by Gasteiger charge is -2.40. The molecule has 1 aliphatic heterocycles. The maximum absolute atomic E-state index is 11.6. The Labute approximate surface area is 111 Å². The molecule has 0 spiro atoms. The lowest BCUT2D eigenvalue weighted by atomic mass is 10.0. The van der Waals surface area contributed by atoms with Crippen molar-refractivity contribution in [3.63, 3.8) is 0 Å². The average Bonchev–Trinajstić information content (AvgIpc) is 3.20. The molecule has 0 amide bonds. The summed E-state index contributed by atoms with van der Waals surface area (Å²) < 4.78 is 23.3. The summed E-state index contributed by atoms with van der Waals surface area (Å²) in [6, 6.07) is 1.10. The van der Waals surface area contributed by atoms with Gasteiger partial charge < -0.3 is 5.32 Å². The fourth-order valence-corrected chi connectivity index (χ4v) is 3.58. The Balaban J connectivity index is 1.92. The summed E-state index contributed by atoms with van der Waals surface area (Å²) in [4.78, 5) is 2.43. The molecule has 0 bridgehead atoms. The lowest BCUT2D eigenvalue weighted by molar-refractivity contribution is 0.120. The van der Waals surface area contributed by atoms with E-state index in [9.17, 15) is 8.42 Å². The molecule has 106 valence electrons. The van der Waals surface area contributed by atoms with Crippen LogP contribution < -0.4 is 5.32 Å². The van der Waals surface area contributed by atoms with Gasteiger partial charge in [0.15, 0.2) is 9.84 Å². The second-order valence-electron chi connectivity index (χ2n) is 5.65. The van der Waals surface area contributed by atoms with Gasteiger partial charge in [-0.2, -0.15) is 0 Å². The van der Waals surface area contributed by atoms with E-state index in [1.165, 1.54) is 12.8 Å². The normalized spacial score (nSPS) is 30.6. The van der Waals surface area contributed by atoms with Gasteiger partial charge in [-0.25, -0.2) is 8.42 Å². The molecule has 1 saturated heterocycles. The third-order valence-electron chi connectivity index (χ3n) is 4.33. The molecule has 1 saturated carbocycles. The summed E-state index contributed by atoms with van der Waals surface area (Å²) in [5, 5.41) is 3.59. The van der Waals surface area contributed by atoms with E-state index in [1.54, 1.807) is 6.92 Å². The number of piperazine rings is 1. The molecule has 5 heteroatoms. The second kappa shape index (κ2) is 5.88. The Hall–Kier alpha value is -0.130. The molecule has 2 unspecified atom stereocenters. The van der Waals surface area contributed by atoms with Crippen LogP contribution >= 0.6 is 0 Å². The summed E-state index contributed by atoms with van der Waals surface area (Å²) in [6.45, 7) is 6.69. The molecule has 2 fully saturated rings.